The highest BCUT2D eigenvalue weighted by Gasteiger charge is 2.54. The van der Waals surface area contributed by atoms with E-state index in [1.54, 1.807) is 0 Å². The van der Waals surface area contributed by atoms with E-state index in [-0.39, 0.29) is 5.54 Å². The highest BCUT2D eigenvalue weighted by Crippen LogP contribution is 2.52. The van der Waals surface area contributed by atoms with Crippen molar-refractivity contribution in [3.8, 4) is 0 Å². The van der Waals surface area contributed by atoms with Gasteiger partial charge in [0.05, 0.1) is 5.54 Å². The Bertz CT molecular complexity index is 402. The number of anilines is 1. The Morgan fingerprint density at radius 2 is 2.21 bits per heavy atom. The molecule has 0 spiro atoms. The van der Waals surface area contributed by atoms with Crippen molar-refractivity contribution >= 4 is 21.6 Å². The van der Waals surface area contributed by atoms with Crippen LogP contribution >= 0.6 is 15.9 Å². The number of epoxide rings is 1. The molecule has 74 valence electrons. The molecule has 2 unspecified atom stereocenters. The zero-order valence-electron chi connectivity index (χ0n) is 8.17. The Morgan fingerprint density at radius 3 is 3.00 bits per heavy atom. The fourth-order valence-corrected chi connectivity index (χ4v) is 2.58. The van der Waals surface area contributed by atoms with Crippen LogP contribution in [0.25, 0.3) is 0 Å². The summed E-state index contributed by atoms with van der Waals surface area (Å²) >= 11 is 3.48. The lowest BCUT2D eigenvalue weighted by atomic mass is 9.89. The molecule has 3 heteroatoms. The summed E-state index contributed by atoms with van der Waals surface area (Å²) in [4.78, 5) is 0. The van der Waals surface area contributed by atoms with Crippen molar-refractivity contribution in [1.29, 1.82) is 0 Å². The van der Waals surface area contributed by atoms with E-state index in [1.165, 1.54) is 11.3 Å². The van der Waals surface area contributed by atoms with Crippen LogP contribution in [0.5, 0.6) is 0 Å². The van der Waals surface area contributed by atoms with Crippen LogP contribution in [-0.4, -0.2) is 11.6 Å². The van der Waals surface area contributed by atoms with Gasteiger partial charge in [0.1, 0.15) is 12.2 Å². The fourth-order valence-electron chi connectivity index (χ4n) is 2.20. The van der Waals surface area contributed by atoms with Crippen LogP contribution in [0.1, 0.15) is 25.5 Å². The van der Waals surface area contributed by atoms with Crippen LogP contribution in [-0.2, 0) is 4.74 Å². The molecule has 2 heterocycles. The minimum atomic E-state index is 0.0610. The molecule has 1 fully saturated rings. The van der Waals surface area contributed by atoms with Gasteiger partial charge in [0.25, 0.3) is 0 Å². The number of benzene rings is 1. The van der Waals surface area contributed by atoms with Gasteiger partial charge in [-0.3, -0.25) is 0 Å². The molecule has 0 amide bonds. The van der Waals surface area contributed by atoms with Gasteiger partial charge in [0.15, 0.2) is 0 Å². The predicted molar refractivity (Wildman–Crippen MR) is 59.5 cm³/mol. The van der Waals surface area contributed by atoms with Crippen molar-refractivity contribution in [2.24, 2.45) is 0 Å². The van der Waals surface area contributed by atoms with E-state index in [2.05, 4.69) is 53.3 Å². The second kappa shape index (κ2) is 2.52. The minimum absolute atomic E-state index is 0.0610. The van der Waals surface area contributed by atoms with Crippen molar-refractivity contribution < 1.29 is 4.74 Å². The predicted octanol–water partition coefficient (Wildman–Crippen LogP) is 3.09. The molecular formula is C11H12BrNO. The van der Waals surface area contributed by atoms with Crippen LogP contribution in [0, 0.1) is 0 Å². The molecule has 0 radical (unpaired) electrons. The summed E-state index contributed by atoms with van der Waals surface area (Å²) in [6.07, 6.45) is 0.642. The third-order valence-corrected chi connectivity index (χ3v) is 3.47. The van der Waals surface area contributed by atoms with E-state index in [4.69, 9.17) is 4.74 Å². The number of rotatable bonds is 0. The summed E-state index contributed by atoms with van der Waals surface area (Å²) in [6, 6.07) is 6.31. The molecule has 0 bridgehead atoms. The average Bonchev–Trinajstić information content (AvgIpc) is 2.86. The van der Waals surface area contributed by atoms with E-state index >= 15 is 0 Å². The third-order valence-electron chi connectivity index (χ3n) is 2.98. The van der Waals surface area contributed by atoms with Gasteiger partial charge >= 0.3 is 0 Å². The first-order valence-electron chi connectivity index (χ1n) is 4.81. The van der Waals surface area contributed by atoms with Crippen LogP contribution < -0.4 is 5.32 Å². The van der Waals surface area contributed by atoms with Crippen LogP contribution in [0.4, 0.5) is 5.69 Å². The Morgan fingerprint density at radius 1 is 1.43 bits per heavy atom. The number of ether oxygens (including phenoxy) is 1. The molecule has 1 saturated heterocycles. The largest absolute Gasteiger partial charge is 0.377 e. The summed E-state index contributed by atoms with van der Waals surface area (Å²) in [5.41, 5.74) is 2.55. The molecular weight excluding hydrogens is 242 g/mol. The lowest BCUT2D eigenvalue weighted by Crippen LogP contribution is -2.40. The SMILES string of the molecule is CC1(C)Nc2ccc(Br)cc2C2OC21. The average molecular weight is 254 g/mol. The number of hydrogen-bond acceptors (Lipinski definition) is 2. The summed E-state index contributed by atoms with van der Waals surface area (Å²) in [7, 11) is 0. The monoisotopic (exact) mass is 253 g/mol. The molecule has 3 rings (SSSR count). The van der Waals surface area contributed by atoms with Crippen LogP contribution in [0.3, 0.4) is 0 Å². The highest BCUT2D eigenvalue weighted by molar-refractivity contribution is 9.10. The maximum absolute atomic E-state index is 5.69. The summed E-state index contributed by atoms with van der Waals surface area (Å²) in [5, 5.41) is 3.51. The van der Waals surface area contributed by atoms with Gasteiger partial charge in [-0.05, 0) is 32.0 Å². The van der Waals surface area contributed by atoms with Crippen molar-refractivity contribution in [3.63, 3.8) is 0 Å². The molecule has 2 aliphatic rings. The first-order chi connectivity index (χ1) is 6.58. The topological polar surface area (TPSA) is 24.6 Å². The molecule has 1 aromatic rings. The second-order valence-electron chi connectivity index (χ2n) is 4.56. The van der Waals surface area contributed by atoms with Gasteiger partial charge in [0.2, 0.25) is 0 Å². The summed E-state index contributed by atoms with van der Waals surface area (Å²) < 4.78 is 6.81. The Kier molecular flexibility index (Phi) is 1.58. The molecule has 2 atom stereocenters. The zero-order valence-corrected chi connectivity index (χ0v) is 9.76. The standard InChI is InChI=1S/C11H12BrNO/c1-11(2)10-9(14-10)7-5-6(12)3-4-8(7)13-11/h3-5,9-10,13H,1-2H3. The molecule has 14 heavy (non-hydrogen) atoms. The van der Waals surface area contributed by atoms with Crippen molar-refractivity contribution in [3.05, 3.63) is 28.2 Å². The number of halogens is 1. The molecule has 2 aliphatic heterocycles. The van der Waals surface area contributed by atoms with E-state index in [0.717, 1.165) is 4.47 Å². The van der Waals surface area contributed by atoms with Gasteiger partial charge in [0, 0.05) is 15.7 Å². The lowest BCUT2D eigenvalue weighted by Gasteiger charge is -2.30. The Balaban J connectivity index is 2.11. The van der Waals surface area contributed by atoms with Crippen molar-refractivity contribution in [1.82, 2.24) is 0 Å². The molecule has 0 aliphatic carbocycles. The summed E-state index contributed by atoms with van der Waals surface area (Å²) in [6.45, 7) is 4.37. The van der Waals surface area contributed by atoms with Crippen molar-refractivity contribution in [2.75, 3.05) is 5.32 Å². The maximum Gasteiger partial charge on any atom is 0.114 e. The van der Waals surface area contributed by atoms with Gasteiger partial charge in [-0.15, -0.1) is 0 Å². The fraction of sp³-hybridized carbons (Fsp3) is 0.455. The second-order valence-corrected chi connectivity index (χ2v) is 5.47. The maximum atomic E-state index is 5.69. The first-order valence-corrected chi connectivity index (χ1v) is 5.60. The van der Waals surface area contributed by atoms with E-state index < -0.39 is 0 Å². The molecule has 0 saturated carbocycles. The van der Waals surface area contributed by atoms with Gasteiger partial charge in [-0.25, -0.2) is 0 Å². The quantitative estimate of drug-likeness (QED) is 0.719. The molecule has 0 aromatic heterocycles. The highest BCUT2D eigenvalue weighted by atomic mass is 79.9. The molecule has 1 aromatic carbocycles. The van der Waals surface area contributed by atoms with Gasteiger partial charge in [-0.2, -0.15) is 0 Å². The Hall–Kier alpha value is -0.540. The Labute approximate surface area is 91.8 Å². The van der Waals surface area contributed by atoms with Gasteiger partial charge < -0.3 is 10.1 Å². The van der Waals surface area contributed by atoms with Crippen LogP contribution in [0.15, 0.2) is 22.7 Å². The number of nitrogens with one attached hydrogen (secondary N) is 1. The zero-order chi connectivity index (χ0) is 9.92. The number of hydrogen-bond donors (Lipinski definition) is 1. The van der Waals surface area contributed by atoms with Crippen molar-refractivity contribution in [2.45, 2.75) is 31.6 Å². The normalized spacial score (nSPS) is 31.4. The van der Waals surface area contributed by atoms with E-state index in [9.17, 15) is 0 Å². The lowest BCUT2D eigenvalue weighted by molar-refractivity contribution is 0.327. The van der Waals surface area contributed by atoms with E-state index in [0.29, 0.717) is 12.2 Å². The summed E-state index contributed by atoms with van der Waals surface area (Å²) in [5.74, 6) is 0. The smallest absolute Gasteiger partial charge is 0.114 e. The van der Waals surface area contributed by atoms with E-state index in [1.807, 2.05) is 0 Å². The van der Waals surface area contributed by atoms with Gasteiger partial charge in [-0.1, -0.05) is 15.9 Å². The van der Waals surface area contributed by atoms with Crippen LogP contribution in [0.2, 0.25) is 0 Å². The first kappa shape index (κ1) is 8.74. The third kappa shape index (κ3) is 1.12. The molecule has 1 N–H and O–H groups in total. The number of fused-ring (bicyclic) bond motifs is 3. The minimum Gasteiger partial charge on any atom is -0.377 e. The molecule has 2 nitrogen and oxygen atoms in total.